The summed E-state index contributed by atoms with van der Waals surface area (Å²) >= 11 is 0. The quantitative estimate of drug-likeness (QED) is 0.840. The summed E-state index contributed by atoms with van der Waals surface area (Å²) in [6.45, 7) is 3.54. The van der Waals surface area contributed by atoms with Crippen LogP contribution in [-0.2, 0) is 9.53 Å². The van der Waals surface area contributed by atoms with Crippen molar-refractivity contribution in [3.8, 4) is 5.75 Å². The highest BCUT2D eigenvalue weighted by atomic mass is 16.5. The Morgan fingerprint density at radius 2 is 2.22 bits per heavy atom. The molecule has 0 radical (unpaired) electrons. The van der Waals surface area contributed by atoms with Gasteiger partial charge in [0.25, 0.3) is 0 Å². The second kappa shape index (κ2) is 7.35. The van der Waals surface area contributed by atoms with Gasteiger partial charge < -0.3 is 14.8 Å². The molecular weight excluding hydrogens is 290 g/mol. The van der Waals surface area contributed by atoms with Crippen molar-refractivity contribution in [2.45, 2.75) is 51.0 Å². The highest BCUT2D eigenvalue weighted by Gasteiger charge is 2.34. The fourth-order valence-electron chi connectivity index (χ4n) is 3.49. The topological polar surface area (TPSA) is 47.6 Å². The van der Waals surface area contributed by atoms with Gasteiger partial charge in [0.15, 0.2) is 0 Å². The van der Waals surface area contributed by atoms with Crippen molar-refractivity contribution in [3.05, 3.63) is 29.3 Å². The predicted octanol–water partition coefficient (Wildman–Crippen LogP) is 3.18. The van der Waals surface area contributed by atoms with Crippen LogP contribution in [0.2, 0.25) is 0 Å². The first-order valence-electron chi connectivity index (χ1n) is 8.70. The zero-order valence-corrected chi connectivity index (χ0v) is 14.1. The molecule has 0 bridgehead atoms. The molecule has 1 aliphatic carbocycles. The summed E-state index contributed by atoms with van der Waals surface area (Å²) in [7, 11) is 1.69. The average molecular weight is 317 g/mol. The Kier molecular flexibility index (Phi) is 5.21. The molecule has 1 amide bonds. The number of hydrogen-bond acceptors (Lipinski definition) is 3. The molecule has 23 heavy (non-hydrogen) atoms. The largest absolute Gasteiger partial charge is 0.496 e. The van der Waals surface area contributed by atoms with Crippen molar-refractivity contribution in [1.29, 1.82) is 0 Å². The molecule has 3 rings (SSSR count). The minimum Gasteiger partial charge on any atom is -0.496 e. The molecule has 4 heteroatoms. The zero-order chi connectivity index (χ0) is 16.2. The molecule has 4 nitrogen and oxygen atoms in total. The lowest BCUT2D eigenvalue weighted by molar-refractivity contribution is -0.122. The minimum atomic E-state index is 0.144. The third-order valence-corrected chi connectivity index (χ3v) is 4.99. The summed E-state index contributed by atoms with van der Waals surface area (Å²) < 4.78 is 10.9. The molecule has 1 aromatic rings. The van der Waals surface area contributed by atoms with Crippen LogP contribution in [0.25, 0.3) is 0 Å². The molecule has 2 aliphatic rings. The number of aryl methyl sites for hydroxylation is 1. The van der Waals surface area contributed by atoms with Crippen LogP contribution in [0, 0.1) is 12.8 Å². The molecule has 1 saturated heterocycles. The number of amides is 1. The Morgan fingerprint density at radius 3 is 2.83 bits per heavy atom. The van der Waals surface area contributed by atoms with Crippen molar-refractivity contribution >= 4 is 5.91 Å². The predicted molar refractivity (Wildman–Crippen MR) is 89.8 cm³/mol. The Labute approximate surface area is 138 Å². The van der Waals surface area contributed by atoms with E-state index in [-0.39, 0.29) is 12.0 Å². The second-order valence-electron chi connectivity index (χ2n) is 6.82. The first kappa shape index (κ1) is 16.3. The van der Waals surface area contributed by atoms with E-state index in [1.165, 1.54) is 18.4 Å². The molecule has 1 heterocycles. The van der Waals surface area contributed by atoms with Gasteiger partial charge in [-0.3, -0.25) is 4.79 Å². The number of rotatable bonds is 7. The van der Waals surface area contributed by atoms with Crippen LogP contribution < -0.4 is 10.1 Å². The minimum absolute atomic E-state index is 0.144. The van der Waals surface area contributed by atoms with Crippen molar-refractivity contribution in [2.75, 3.05) is 20.3 Å². The number of carbonyl (C=O) groups excluding carboxylic acids is 1. The standard InChI is InChI=1S/C19H27NO3/c1-13-10-15(7-8-18(13)22-2)17(14-5-6-14)11-19(21)20-12-16-4-3-9-23-16/h7-8,10,14,16-17H,3-6,9,11-12H2,1-2H3,(H,20,21). The number of nitrogens with one attached hydrogen (secondary N) is 1. The van der Waals surface area contributed by atoms with E-state index in [4.69, 9.17) is 9.47 Å². The summed E-state index contributed by atoms with van der Waals surface area (Å²) in [5, 5.41) is 3.06. The van der Waals surface area contributed by atoms with Crippen LogP contribution in [0.4, 0.5) is 0 Å². The lowest BCUT2D eigenvalue weighted by Gasteiger charge is -2.19. The summed E-state index contributed by atoms with van der Waals surface area (Å²) in [6.07, 6.45) is 5.41. The normalized spacial score (nSPS) is 21.9. The van der Waals surface area contributed by atoms with Gasteiger partial charge in [-0.2, -0.15) is 0 Å². The monoisotopic (exact) mass is 317 g/mol. The van der Waals surface area contributed by atoms with Crippen LogP contribution in [-0.4, -0.2) is 32.3 Å². The first-order valence-corrected chi connectivity index (χ1v) is 8.70. The van der Waals surface area contributed by atoms with Gasteiger partial charge in [-0.1, -0.05) is 12.1 Å². The highest BCUT2D eigenvalue weighted by Crippen LogP contribution is 2.45. The van der Waals surface area contributed by atoms with Crippen LogP contribution in [0.3, 0.4) is 0 Å². The smallest absolute Gasteiger partial charge is 0.220 e. The van der Waals surface area contributed by atoms with E-state index in [1.807, 2.05) is 6.07 Å². The van der Waals surface area contributed by atoms with Gasteiger partial charge in [-0.15, -0.1) is 0 Å². The molecule has 1 N–H and O–H groups in total. The van der Waals surface area contributed by atoms with Gasteiger partial charge >= 0.3 is 0 Å². The molecular formula is C19H27NO3. The Balaban J connectivity index is 1.60. The molecule has 1 aromatic carbocycles. The summed E-state index contributed by atoms with van der Waals surface area (Å²) in [5.74, 6) is 2.03. The molecule has 2 atom stereocenters. The van der Waals surface area contributed by atoms with Crippen molar-refractivity contribution in [3.63, 3.8) is 0 Å². The number of hydrogen-bond donors (Lipinski definition) is 1. The number of ether oxygens (including phenoxy) is 2. The van der Waals surface area contributed by atoms with E-state index in [0.717, 1.165) is 30.8 Å². The molecule has 126 valence electrons. The van der Waals surface area contributed by atoms with E-state index in [2.05, 4.69) is 24.4 Å². The van der Waals surface area contributed by atoms with Gasteiger partial charge in [0.2, 0.25) is 5.91 Å². The van der Waals surface area contributed by atoms with E-state index in [9.17, 15) is 4.79 Å². The summed E-state index contributed by atoms with van der Waals surface area (Å²) in [4.78, 5) is 12.3. The van der Waals surface area contributed by atoms with Crippen molar-refractivity contribution in [1.82, 2.24) is 5.32 Å². The van der Waals surface area contributed by atoms with E-state index in [0.29, 0.717) is 24.8 Å². The van der Waals surface area contributed by atoms with Gasteiger partial charge in [-0.05, 0) is 61.6 Å². The molecule has 2 unspecified atom stereocenters. The van der Waals surface area contributed by atoms with Gasteiger partial charge in [-0.25, -0.2) is 0 Å². The molecule has 0 spiro atoms. The van der Waals surface area contributed by atoms with Gasteiger partial charge in [0.05, 0.1) is 13.2 Å². The summed E-state index contributed by atoms with van der Waals surface area (Å²) in [5.41, 5.74) is 2.40. The van der Waals surface area contributed by atoms with Crippen molar-refractivity contribution < 1.29 is 14.3 Å². The lowest BCUT2D eigenvalue weighted by Crippen LogP contribution is -2.32. The Hall–Kier alpha value is -1.55. The fourth-order valence-corrected chi connectivity index (χ4v) is 3.49. The van der Waals surface area contributed by atoms with Gasteiger partial charge in [0, 0.05) is 19.6 Å². The van der Waals surface area contributed by atoms with Crippen LogP contribution in [0.15, 0.2) is 18.2 Å². The Morgan fingerprint density at radius 1 is 1.39 bits per heavy atom. The molecule has 2 fully saturated rings. The third-order valence-electron chi connectivity index (χ3n) is 4.99. The fraction of sp³-hybridized carbons (Fsp3) is 0.632. The maximum atomic E-state index is 12.3. The van der Waals surface area contributed by atoms with Crippen molar-refractivity contribution in [2.24, 2.45) is 5.92 Å². The van der Waals surface area contributed by atoms with Crippen LogP contribution in [0.5, 0.6) is 5.75 Å². The van der Waals surface area contributed by atoms with Crippen LogP contribution in [0.1, 0.15) is 49.1 Å². The SMILES string of the molecule is COc1ccc(C(CC(=O)NCC2CCCO2)C2CC2)cc1C. The van der Waals surface area contributed by atoms with E-state index in [1.54, 1.807) is 7.11 Å². The number of carbonyl (C=O) groups is 1. The number of benzene rings is 1. The average Bonchev–Trinajstić information content (AvgIpc) is 3.25. The van der Waals surface area contributed by atoms with Gasteiger partial charge in [0.1, 0.15) is 5.75 Å². The first-order chi connectivity index (χ1) is 11.2. The van der Waals surface area contributed by atoms with E-state index >= 15 is 0 Å². The Bertz CT molecular complexity index is 548. The maximum Gasteiger partial charge on any atom is 0.220 e. The van der Waals surface area contributed by atoms with E-state index < -0.39 is 0 Å². The lowest BCUT2D eigenvalue weighted by atomic mass is 9.89. The molecule has 1 aliphatic heterocycles. The summed E-state index contributed by atoms with van der Waals surface area (Å²) in [6, 6.07) is 6.31. The molecule has 1 saturated carbocycles. The van der Waals surface area contributed by atoms with Crippen LogP contribution >= 0.6 is 0 Å². The zero-order valence-electron chi connectivity index (χ0n) is 14.1. The molecule has 0 aromatic heterocycles. The third kappa shape index (κ3) is 4.25. The number of methoxy groups -OCH3 is 1. The highest BCUT2D eigenvalue weighted by molar-refractivity contribution is 5.77. The second-order valence-corrected chi connectivity index (χ2v) is 6.82. The maximum absolute atomic E-state index is 12.3.